The van der Waals surface area contributed by atoms with Crippen molar-refractivity contribution in [1.82, 2.24) is 5.32 Å². The Kier molecular flexibility index (Phi) is 13.4. The zero-order valence-electron chi connectivity index (χ0n) is 22.0. The molecule has 1 rings (SSSR count). The van der Waals surface area contributed by atoms with E-state index in [4.69, 9.17) is 4.74 Å². The van der Waals surface area contributed by atoms with Crippen LogP contribution in [0.4, 0.5) is 4.79 Å². The fourth-order valence-corrected chi connectivity index (χ4v) is 3.97. The summed E-state index contributed by atoms with van der Waals surface area (Å²) in [6, 6.07) is 0.299. The minimum atomic E-state index is -0.481. The lowest BCUT2D eigenvalue weighted by molar-refractivity contribution is 0.0391. The lowest BCUT2D eigenvalue weighted by Gasteiger charge is -2.25. The van der Waals surface area contributed by atoms with E-state index in [1.165, 1.54) is 41.6 Å². The van der Waals surface area contributed by atoms with Crippen LogP contribution in [0.5, 0.6) is 0 Å². The Morgan fingerprint density at radius 3 is 1.78 bits per heavy atom. The first-order chi connectivity index (χ1) is 15.1. The number of allylic oxidation sites excluding steroid dienone is 7. The maximum absolute atomic E-state index is 12.1. The maximum Gasteiger partial charge on any atom is 0.407 e. The summed E-state index contributed by atoms with van der Waals surface area (Å²) < 4.78 is 5.68. The molecule has 1 saturated carbocycles. The van der Waals surface area contributed by atoms with Crippen LogP contribution in [0.15, 0.2) is 46.6 Å². The van der Waals surface area contributed by atoms with Crippen LogP contribution in [-0.2, 0) is 4.74 Å². The van der Waals surface area contributed by atoms with E-state index in [2.05, 4.69) is 64.2 Å². The van der Waals surface area contributed by atoms with Crippen LogP contribution in [0.2, 0.25) is 0 Å². The highest BCUT2D eigenvalue weighted by molar-refractivity contribution is 5.68. The Labute approximate surface area is 198 Å². The van der Waals surface area contributed by atoms with Gasteiger partial charge in [0.2, 0.25) is 0 Å². The van der Waals surface area contributed by atoms with E-state index < -0.39 is 5.60 Å². The summed E-state index contributed by atoms with van der Waals surface area (Å²) in [4.78, 5) is 12.1. The predicted octanol–water partition coefficient (Wildman–Crippen LogP) is 8.97. The maximum atomic E-state index is 12.1. The fourth-order valence-electron chi connectivity index (χ4n) is 3.97. The second kappa shape index (κ2) is 15.1. The summed E-state index contributed by atoms with van der Waals surface area (Å²) >= 11 is 0. The monoisotopic (exact) mass is 443 g/mol. The largest absolute Gasteiger partial charge is 0.443 e. The lowest BCUT2D eigenvalue weighted by Crippen LogP contribution is -2.38. The highest BCUT2D eigenvalue weighted by atomic mass is 16.6. The second-order valence-corrected chi connectivity index (χ2v) is 10.5. The third-order valence-corrected chi connectivity index (χ3v) is 6.14. The number of alkyl carbamates (subject to hydrolysis) is 1. The summed E-state index contributed by atoms with van der Waals surface area (Å²) in [5.74, 6) is 0. The number of amides is 1. The number of carbonyl (C=O) groups excluding carboxylic acids is 1. The molecule has 0 unspecified atom stereocenters. The van der Waals surface area contributed by atoms with Gasteiger partial charge in [-0.15, -0.1) is 0 Å². The smallest absolute Gasteiger partial charge is 0.407 e. The third kappa shape index (κ3) is 14.3. The molecule has 1 amide bonds. The van der Waals surface area contributed by atoms with Crippen LogP contribution < -0.4 is 5.32 Å². The Hall–Kier alpha value is -1.77. The van der Waals surface area contributed by atoms with Crippen molar-refractivity contribution in [3.8, 4) is 0 Å². The fraction of sp³-hybridized carbons (Fsp3) is 0.690. The Morgan fingerprint density at radius 1 is 0.812 bits per heavy atom. The van der Waals surface area contributed by atoms with E-state index in [1.54, 1.807) is 0 Å². The molecule has 0 aliphatic heterocycles. The molecule has 1 fully saturated rings. The van der Waals surface area contributed by atoms with Gasteiger partial charge in [0, 0.05) is 12.5 Å². The van der Waals surface area contributed by atoms with Crippen molar-refractivity contribution in [1.29, 1.82) is 0 Å². The molecule has 3 nitrogen and oxygen atoms in total. The van der Waals surface area contributed by atoms with Crippen molar-refractivity contribution in [2.24, 2.45) is 0 Å². The van der Waals surface area contributed by atoms with Gasteiger partial charge in [-0.1, -0.05) is 59.4 Å². The van der Waals surface area contributed by atoms with Crippen LogP contribution in [-0.4, -0.2) is 17.7 Å². The van der Waals surface area contributed by atoms with E-state index in [1.807, 2.05) is 13.8 Å². The number of carbonyl (C=O) groups is 1. The highest BCUT2D eigenvalue weighted by Crippen LogP contribution is 2.21. The molecule has 0 aromatic rings. The number of ether oxygens (including phenoxy) is 1. The number of hydrogen-bond donors (Lipinski definition) is 1. The zero-order chi connectivity index (χ0) is 24.0. The Bertz CT molecular complexity index is 684. The molecule has 0 bridgehead atoms. The number of hydrogen-bond acceptors (Lipinski definition) is 2. The van der Waals surface area contributed by atoms with Crippen LogP contribution in [0, 0.1) is 0 Å². The molecule has 0 radical (unpaired) electrons. The molecular weight excluding hydrogens is 394 g/mol. The van der Waals surface area contributed by atoms with Crippen LogP contribution in [0.3, 0.4) is 0 Å². The van der Waals surface area contributed by atoms with Crippen molar-refractivity contribution in [2.45, 2.75) is 131 Å². The summed E-state index contributed by atoms with van der Waals surface area (Å²) in [5.41, 5.74) is 5.25. The summed E-state index contributed by atoms with van der Waals surface area (Å²) in [5, 5.41) is 3.01. The van der Waals surface area contributed by atoms with Crippen molar-refractivity contribution in [3.05, 3.63) is 46.6 Å². The molecule has 0 aromatic heterocycles. The molecule has 0 heterocycles. The normalized spacial score (nSPS) is 16.3. The van der Waals surface area contributed by atoms with Gasteiger partial charge in [0.05, 0.1) is 0 Å². The van der Waals surface area contributed by atoms with Gasteiger partial charge in [-0.05, 0) is 99.8 Å². The molecule has 1 aliphatic carbocycles. The molecule has 0 aromatic carbocycles. The summed E-state index contributed by atoms with van der Waals surface area (Å²) in [7, 11) is 0. The van der Waals surface area contributed by atoms with E-state index in [0.717, 1.165) is 51.4 Å². The van der Waals surface area contributed by atoms with Gasteiger partial charge < -0.3 is 10.1 Å². The van der Waals surface area contributed by atoms with Gasteiger partial charge in [0.15, 0.2) is 0 Å². The molecule has 0 saturated heterocycles. The minimum absolute atomic E-state index is 0.271. The Balaban J connectivity index is 2.29. The SMILES string of the molecule is CC(C)=CCC/C(C)=C/CC/C(C)=C/CC/C(C)=C/CC(C)(C)OC(=O)NC1CCCC1. The second-order valence-electron chi connectivity index (χ2n) is 10.5. The van der Waals surface area contributed by atoms with Crippen molar-refractivity contribution >= 4 is 6.09 Å². The van der Waals surface area contributed by atoms with Crippen molar-refractivity contribution in [3.63, 3.8) is 0 Å². The molecule has 1 aliphatic rings. The van der Waals surface area contributed by atoms with Crippen molar-refractivity contribution in [2.75, 3.05) is 0 Å². The van der Waals surface area contributed by atoms with Crippen LogP contribution in [0.25, 0.3) is 0 Å². The molecule has 0 atom stereocenters. The minimum Gasteiger partial charge on any atom is -0.443 e. The first-order valence-electron chi connectivity index (χ1n) is 12.7. The highest BCUT2D eigenvalue weighted by Gasteiger charge is 2.24. The topological polar surface area (TPSA) is 38.3 Å². The van der Waals surface area contributed by atoms with Crippen LogP contribution >= 0.6 is 0 Å². The Morgan fingerprint density at radius 2 is 1.28 bits per heavy atom. The standard InChI is InChI=1S/C29H49NO2/c1-23(2)13-10-14-24(3)15-11-16-25(4)17-12-18-26(5)21-22-29(6,7)32-28(31)30-27-19-8-9-20-27/h13,15,17,21,27H,8-12,14,16,18-20,22H2,1-7H3,(H,30,31)/b24-15+,25-17+,26-21+. The summed E-state index contributed by atoms with van der Waals surface area (Å²) in [6.07, 6.45) is 21.1. The molecular formula is C29H49NO2. The van der Waals surface area contributed by atoms with Gasteiger partial charge in [-0.25, -0.2) is 4.79 Å². The van der Waals surface area contributed by atoms with Crippen molar-refractivity contribution < 1.29 is 9.53 Å². The summed E-state index contributed by atoms with van der Waals surface area (Å²) in [6.45, 7) is 15.0. The predicted molar refractivity (Wildman–Crippen MR) is 139 cm³/mol. The van der Waals surface area contributed by atoms with E-state index in [0.29, 0.717) is 6.04 Å². The average Bonchev–Trinajstić information content (AvgIpc) is 3.18. The van der Waals surface area contributed by atoms with E-state index in [-0.39, 0.29) is 6.09 Å². The van der Waals surface area contributed by atoms with Gasteiger partial charge in [0.25, 0.3) is 0 Å². The molecule has 3 heteroatoms. The number of rotatable bonds is 13. The van der Waals surface area contributed by atoms with Gasteiger partial charge in [-0.2, -0.15) is 0 Å². The van der Waals surface area contributed by atoms with E-state index in [9.17, 15) is 4.79 Å². The lowest BCUT2D eigenvalue weighted by atomic mass is 10.0. The average molecular weight is 444 g/mol. The first kappa shape index (κ1) is 28.3. The van der Waals surface area contributed by atoms with Crippen LogP contribution in [0.1, 0.15) is 119 Å². The van der Waals surface area contributed by atoms with Gasteiger partial charge in [-0.3, -0.25) is 0 Å². The quantitative estimate of drug-likeness (QED) is 0.288. The molecule has 0 spiro atoms. The molecule has 182 valence electrons. The van der Waals surface area contributed by atoms with Gasteiger partial charge in [0.1, 0.15) is 5.60 Å². The van der Waals surface area contributed by atoms with Gasteiger partial charge >= 0.3 is 6.09 Å². The number of nitrogens with one attached hydrogen (secondary N) is 1. The molecule has 1 N–H and O–H groups in total. The first-order valence-corrected chi connectivity index (χ1v) is 12.7. The molecule has 32 heavy (non-hydrogen) atoms. The third-order valence-electron chi connectivity index (χ3n) is 6.14. The zero-order valence-corrected chi connectivity index (χ0v) is 22.0. The van der Waals surface area contributed by atoms with E-state index >= 15 is 0 Å².